The molecule has 0 aliphatic rings. The Morgan fingerprint density at radius 2 is 1.93 bits per heavy atom. The van der Waals surface area contributed by atoms with E-state index in [0.29, 0.717) is 11.6 Å². The van der Waals surface area contributed by atoms with E-state index in [0.717, 1.165) is 23.5 Å². The molecule has 0 bridgehead atoms. The molecule has 1 heterocycles. The highest BCUT2D eigenvalue weighted by atomic mass is 35.5. The molecule has 3 aromatic rings. The number of sulfonamides is 1. The van der Waals surface area contributed by atoms with Gasteiger partial charge >= 0.3 is 0 Å². The normalized spacial score (nSPS) is 12.8. The fraction of sp³-hybridized carbons (Fsp3) is 0.235. The minimum Gasteiger partial charge on any atom is -0.380 e. The minimum atomic E-state index is -4.05. The van der Waals surface area contributed by atoms with Gasteiger partial charge in [-0.05, 0) is 37.3 Å². The summed E-state index contributed by atoms with van der Waals surface area (Å²) in [4.78, 5) is -0.0171. The predicted octanol–water partition coefficient (Wildman–Crippen LogP) is 3.96. The fourth-order valence-electron chi connectivity index (χ4n) is 2.47. The molecule has 2 aromatic carbocycles. The molecule has 0 radical (unpaired) electrons. The summed E-state index contributed by atoms with van der Waals surface area (Å²) in [6.07, 6.45) is 0. The van der Waals surface area contributed by atoms with Gasteiger partial charge in [0.2, 0.25) is 4.80 Å². The van der Waals surface area contributed by atoms with Gasteiger partial charge in [0.25, 0.3) is 10.0 Å². The number of hydrogen-bond donors (Lipinski definition) is 0. The zero-order valence-electron chi connectivity index (χ0n) is 14.2. The van der Waals surface area contributed by atoms with Gasteiger partial charge in [-0.25, -0.2) is 8.78 Å². The van der Waals surface area contributed by atoms with E-state index in [1.54, 1.807) is 0 Å². The Balaban J connectivity index is 2.19. The lowest BCUT2D eigenvalue weighted by molar-refractivity contribution is 0.139. The van der Waals surface area contributed by atoms with E-state index in [-0.39, 0.29) is 33.1 Å². The zero-order chi connectivity index (χ0) is 19.6. The molecule has 0 atom stereocenters. The van der Waals surface area contributed by atoms with Crippen molar-refractivity contribution in [3.8, 4) is 0 Å². The number of hydrogen-bond acceptors (Lipinski definition) is 4. The summed E-state index contributed by atoms with van der Waals surface area (Å²) in [6, 6.07) is 7.44. The summed E-state index contributed by atoms with van der Waals surface area (Å²) in [5.41, 5.74) is 0.0890. The third kappa shape index (κ3) is 4.37. The van der Waals surface area contributed by atoms with Crippen LogP contribution in [0.15, 0.2) is 45.7 Å². The van der Waals surface area contributed by atoms with Crippen LogP contribution in [0.2, 0.25) is 5.02 Å². The summed E-state index contributed by atoms with van der Waals surface area (Å²) in [5.74, 6) is -1.53. The first kappa shape index (κ1) is 19.9. The topological polar surface area (TPSA) is 60.7 Å². The average Bonchev–Trinajstić information content (AvgIpc) is 2.92. The molecule has 0 fully saturated rings. The summed E-state index contributed by atoms with van der Waals surface area (Å²) in [7, 11) is -4.05. The molecule has 0 amide bonds. The molecular weight excluding hydrogens is 418 g/mol. The SMILES string of the molecule is CCOCCn1/c(=N/S(=O)(=O)c2ccc(Cl)cc2)sc2cc(F)cc(F)c21. The third-order valence-corrected chi connectivity index (χ3v) is 6.34. The van der Waals surface area contributed by atoms with Crippen LogP contribution in [0.3, 0.4) is 0 Å². The zero-order valence-corrected chi connectivity index (χ0v) is 16.5. The fourth-order valence-corrected chi connectivity index (χ4v) is 4.89. The summed E-state index contributed by atoms with van der Waals surface area (Å²) >= 11 is 6.68. The first-order valence-corrected chi connectivity index (χ1v) is 10.6. The van der Waals surface area contributed by atoms with E-state index in [1.165, 1.54) is 28.8 Å². The van der Waals surface area contributed by atoms with Gasteiger partial charge in [0.1, 0.15) is 5.82 Å². The minimum absolute atomic E-state index is 0.0316. The first-order valence-electron chi connectivity index (χ1n) is 7.94. The van der Waals surface area contributed by atoms with Crippen molar-refractivity contribution in [3.63, 3.8) is 0 Å². The Morgan fingerprint density at radius 1 is 1.22 bits per heavy atom. The van der Waals surface area contributed by atoms with Crippen molar-refractivity contribution >= 4 is 43.2 Å². The lowest BCUT2D eigenvalue weighted by Crippen LogP contribution is -2.20. The molecule has 0 spiro atoms. The van der Waals surface area contributed by atoms with Crippen LogP contribution < -0.4 is 4.80 Å². The molecule has 144 valence electrons. The number of halogens is 3. The van der Waals surface area contributed by atoms with Crippen molar-refractivity contribution in [3.05, 3.63) is 57.9 Å². The van der Waals surface area contributed by atoms with Gasteiger partial charge in [-0.2, -0.15) is 8.42 Å². The van der Waals surface area contributed by atoms with E-state index in [4.69, 9.17) is 16.3 Å². The lowest BCUT2D eigenvalue weighted by Gasteiger charge is -2.06. The van der Waals surface area contributed by atoms with Gasteiger partial charge in [0.15, 0.2) is 5.82 Å². The molecule has 0 N–H and O–H groups in total. The number of nitrogens with zero attached hydrogens (tertiary/aromatic N) is 2. The quantitative estimate of drug-likeness (QED) is 0.554. The van der Waals surface area contributed by atoms with Gasteiger partial charge in [-0.15, -0.1) is 4.40 Å². The summed E-state index contributed by atoms with van der Waals surface area (Å²) in [6.45, 7) is 2.66. The van der Waals surface area contributed by atoms with Crippen LogP contribution in [-0.4, -0.2) is 26.2 Å². The molecular formula is C17H15ClF2N2O3S2. The van der Waals surface area contributed by atoms with Crippen molar-refractivity contribution in [2.24, 2.45) is 4.40 Å². The standard InChI is InChI=1S/C17H15ClF2N2O3S2/c1-2-25-8-7-22-16-14(20)9-12(19)10-15(16)26-17(22)21-27(23,24)13-5-3-11(18)4-6-13/h3-6,9-10H,2,7-8H2,1H3/b21-17-. The largest absolute Gasteiger partial charge is 0.380 e. The van der Waals surface area contributed by atoms with Crippen LogP contribution in [-0.2, 0) is 21.3 Å². The Labute approximate surface area is 163 Å². The van der Waals surface area contributed by atoms with Gasteiger partial charge in [-0.1, -0.05) is 22.9 Å². The number of benzene rings is 2. The second-order valence-electron chi connectivity index (χ2n) is 5.49. The van der Waals surface area contributed by atoms with Crippen LogP contribution in [0.1, 0.15) is 6.92 Å². The smallest absolute Gasteiger partial charge is 0.285 e. The highest BCUT2D eigenvalue weighted by Gasteiger charge is 2.17. The second kappa shape index (κ2) is 8.05. The van der Waals surface area contributed by atoms with Crippen LogP contribution in [0.25, 0.3) is 10.2 Å². The van der Waals surface area contributed by atoms with Gasteiger partial charge in [0.05, 0.1) is 21.7 Å². The Hall–Kier alpha value is -1.81. The van der Waals surface area contributed by atoms with Gasteiger partial charge in [-0.3, -0.25) is 0 Å². The average molecular weight is 433 g/mol. The predicted molar refractivity (Wildman–Crippen MR) is 100 cm³/mol. The molecule has 10 heteroatoms. The maximum absolute atomic E-state index is 14.3. The molecule has 27 heavy (non-hydrogen) atoms. The molecule has 0 saturated carbocycles. The van der Waals surface area contributed by atoms with E-state index in [9.17, 15) is 17.2 Å². The van der Waals surface area contributed by atoms with E-state index in [1.807, 2.05) is 6.92 Å². The number of thiazole rings is 1. The number of aromatic nitrogens is 1. The maximum atomic E-state index is 14.3. The van der Waals surface area contributed by atoms with Crippen LogP contribution in [0.4, 0.5) is 8.78 Å². The second-order valence-corrected chi connectivity index (χ2v) is 8.54. The van der Waals surface area contributed by atoms with E-state index >= 15 is 0 Å². The van der Waals surface area contributed by atoms with Crippen molar-refractivity contribution in [1.82, 2.24) is 4.57 Å². The molecule has 3 rings (SSSR count). The molecule has 0 saturated heterocycles. The van der Waals surface area contributed by atoms with Crippen molar-refractivity contribution in [2.45, 2.75) is 18.4 Å². The van der Waals surface area contributed by atoms with Gasteiger partial charge < -0.3 is 9.30 Å². The molecule has 5 nitrogen and oxygen atoms in total. The monoisotopic (exact) mass is 432 g/mol. The van der Waals surface area contributed by atoms with Crippen LogP contribution in [0, 0.1) is 11.6 Å². The van der Waals surface area contributed by atoms with Crippen LogP contribution >= 0.6 is 22.9 Å². The molecule has 0 aliphatic heterocycles. The number of fused-ring (bicyclic) bond motifs is 1. The van der Waals surface area contributed by atoms with Crippen LogP contribution in [0.5, 0.6) is 0 Å². The van der Waals surface area contributed by atoms with E-state index < -0.39 is 21.7 Å². The Morgan fingerprint density at radius 3 is 2.59 bits per heavy atom. The number of ether oxygens (including phenoxy) is 1. The highest BCUT2D eigenvalue weighted by molar-refractivity contribution is 7.90. The van der Waals surface area contributed by atoms with E-state index in [2.05, 4.69) is 4.40 Å². The summed E-state index contributed by atoms with van der Waals surface area (Å²) < 4.78 is 63.9. The van der Waals surface area contributed by atoms with Crippen molar-refractivity contribution in [2.75, 3.05) is 13.2 Å². The van der Waals surface area contributed by atoms with Crippen molar-refractivity contribution < 1.29 is 21.9 Å². The number of rotatable bonds is 6. The molecule has 0 aliphatic carbocycles. The molecule has 0 unspecified atom stereocenters. The van der Waals surface area contributed by atoms with Crippen molar-refractivity contribution in [1.29, 1.82) is 0 Å². The van der Waals surface area contributed by atoms with Gasteiger partial charge in [0, 0.05) is 24.2 Å². The first-order chi connectivity index (χ1) is 12.8. The Kier molecular flexibility index (Phi) is 5.95. The summed E-state index contributed by atoms with van der Waals surface area (Å²) in [5, 5.41) is 0.389. The lowest BCUT2D eigenvalue weighted by atomic mass is 10.3. The third-order valence-electron chi connectivity index (χ3n) is 3.67. The molecule has 1 aromatic heterocycles. The Bertz CT molecular complexity index is 1140. The highest BCUT2D eigenvalue weighted by Crippen LogP contribution is 2.23. The maximum Gasteiger partial charge on any atom is 0.285 e.